The fourth-order valence-corrected chi connectivity index (χ4v) is 1.29. The van der Waals surface area contributed by atoms with Crippen LogP contribution in [0.15, 0.2) is 30.3 Å². The Labute approximate surface area is 85.8 Å². The molecule has 1 aromatic carbocycles. The number of methoxy groups -OCH3 is 1. The molecule has 0 spiro atoms. The van der Waals surface area contributed by atoms with Gasteiger partial charge in [-0.05, 0) is 5.56 Å². The molecule has 0 saturated heterocycles. The van der Waals surface area contributed by atoms with Crippen LogP contribution in [0.1, 0.15) is 5.56 Å². The lowest BCUT2D eigenvalue weighted by Gasteiger charge is -2.31. The highest BCUT2D eigenvalue weighted by molar-refractivity contribution is 5.26. The topological polar surface area (TPSA) is 35.2 Å². The molecule has 1 rings (SSSR count). The zero-order chi connectivity index (χ0) is 11.5. The van der Waals surface area contributed by atoms with E-state index in [4.69, 9.17) is 5.73 Å². The zero-order valence-corrected chi connectivity index (χ0v) is 8.21. The minimum absolute atomic E-state index is 0.000602. The van der Waals surface area contributed by atoms with Gasteiger partial charge in [0, 0.05) is 7.11 Å². The molecule has 0 saturated carbocycles. The van der Waals surface area contributed by atoms with E-state index >= 15 is 0 Å². The van der Waals surface area contributed by atoms with Crippen molar-refractivity contribution in [2.75, 3.05) is 13.7 Å². The molecule has 1 aromatic rings. The lowest BCUT2D eigenvalue weighted by Crippen LogP contribution is -2.53. The lowest BCUT2D eigenvalue weighted by molar-refractivity contribution is -0.202. The van der Waals surface area contributed by atoms with Crippen molar-refractivity contribution in [1.82, 2.24) is 0 Å². The minimum atomic E-state index is -4.54. The molecular weight excluding hydrogens is 207 g/mol. The SMILES string of the molecule is COCC(N)(c1ccccc1)C(F)(F)F. The van der Waals surface area contributed by atoms with Crippen LogP contribution >= 0.6 is 0 Å². The normalized spacial score (nSPS) is 16.1. The van der Waals surface area contributed by atoms with Crippen molar-refractivity contribution in [3.63, 3.8) is 0 Å². The molecule has 2 nitrogen and oxygen atoms in total. The van der Waals surface area contributed by atoms with Gasteiger partial charge < -0.3 is 10.5 Å². The third-order valence-corrected chi connectivity index (χ3v) is 2.17. The number of benzene rings is 1. The number of alkyl halides is 3. The second kappa shape index (κ2) is 4.20. The molecule has 1 atom stereocenters. The average Bonchev–Trinajstić information content (AvgIpc) is 2.18. The smallest absolute Gasteiger partial charge is 0.382 e. The number of rotatable bonds is 3. The highest BCUT2D eigenvalue weighted by Crippen LogP contribution is 2.36. The van der Waals surface area contributed by atoms with Gasteiger partial charge in [0.1, 0.15) is 0 Å². The Balaban J connectivity index is 3.13. The third kappa shape index (κ3) is 2.30. The molecule has 1 unspecified atom stereocenters. The molecule has 15 heavy (non-hydrogen) atoms. The molecule has 0 amide bonds. The number of hydrogen-bond donors (Lipinski definition) is 1. The summed E-state index contributed by atoms with van der Waals surface area (Å²) in [6, 6.07) is 7.34. The van der Waals surface area contributed by atoms with Crippen LogP contribution in [-0.2, 0) is 10.3 Å². The predicted octanol–water partition coefficient (Wildman–Crippen LogP) is 2.05. The van der Waals surface area contributed by atoms with Gasteiger partial charge in [-0.15, -0.1) is 0 Å². The van der Waals surface area contributed by atoms with Crippen molar-refractivity contribution >= 4 is 0 Å². The maximum Gasteiger partial charge on any atom is 0.412 e. The number of hydrogen-bond acceptors (Lipinski definition) is 2. The molecule has 5 heteroatoms. The van der Waals surface area contributed by atoms with Crippen LogP contribution in [0.5, 0.6) is 0 Å². The fraction of sp³-hybridized carbons (Fsp3) is 0.400. The van der Waals surface area contributed by atoms with Crippen LogP contribution in [-0.4, -0.2) is 19.9 Å². The summed E-state index contributed by atoms with van der Waals surface area (Å²) in [5, 5.41) is 0. The van der Waals surface area contributed by atoms with Gasteiger partial charge in [0.05, 0.1) is 6.61 Å². The first-order valence-electron chi connectivity index (χ1n) is 4.32. The summed E-state index contributed by atoms with van der Waals surface area (Å²) >= 11 is 0. The molecule has 0 bridgehead atoms. The Bertz CT molecular complexity index is 312. The molecule has 0 aliphatic carbocycles. The molecule has 84 valence electrons. The molecule has 0 aliphatic rings. The summed E-state index contributed by atoms with van der Waals surface area (Å²) in [6.07, 6.45) is -4.54. The van der Waals surface area contributed by atoms with Crippen molar-refractivity contribution in [2.45, 2.75) is 11.7 Å². The van der Waals surface area contributed by atoms with E-state index in [0.717, 1.165) is 0 Å². The van der Waals surface area contributed by atoms with Gasteiger partial charge in [-0.25, -0.2) is 0 Å². The summed E-state index contributed by atoms with van der Waals surface area (Å²) in [7, 11) is 1.19. The largest absolute Gasteiger partial charge is 0.412 e. The summed E-state index contributed by atoms with van der Waals surface area (Å²) in [5.74, 6) is 0. The van der Waals surface area contributed by atoms with E-state index in [-0.39, 0.29) is 5.56 Å². The first-order chi connectivity index (χ1) is 6.92. The number of ether oxygens (including phenoxy) is 1. The summed E-state index contributed by atoms with van der Waals surface area (Å²) in [5.41, 5.74) is 2.91. The number of halogens is 3. The molecule has 0 aliphatic heterocycles. The van der Waals surface area contributed by atoms with Crippen LogP contribution in [0, 0.1) is 0 Å². The highest BCUT2D eigenvalue weighted by Gasteiger charge is 2.53. The van der Waals surface area contributed by atoms with Gasteiger partial charge in [0.15, 0.2) is 5.54 Å². The molecule has 0 heterocycles. The Hall–Kier alpha value is -1.07. The van der Waals surface area contributed by atoms with Gasteiger partial charge in [0.25, 0.3) is 0 Å². The quantitative estimate of drug-likeness (QED) is 0.844. The fourth-order valence-electron chi connectivity index (χ4n) is 1.29. The predicted molar refractivity (Wildman–Crippen MR) is 50.2 cm³/mol. The van der Waals surface area contributed by atoms with Crippen LogP contribution in [0.2, 0.25) is 0 Å². The van der Waals surface area contributed by atoms with Crippen LogP contribution in [0.25, 0.3) is 0 Å². The van der Waals surface area contributed by atoms with E-state index in [1.165, 1.54) is 31.4 Å². The van der Waals surface area contributed by atoms with Crippen LogP contribution in [0.4, 0.5) is 13.2 Å². The summed E-state index contributed by atoms with van der Waals surface area (Å²) in [4.78, 5) is 0. The van der Waals surface area contributed by atoms with E-state index < -0.39 is 18.3 Å². The Morgan fingerprint density at radius 1 is 1.20 bits per heavy atom. The maximum absolute atomic E-state index is 12.8. The second-order valence-corrected chi connectivity index (χ2v) is 3.27. The van der Waals surface area contributed by atoms with Gasteiger partial charge >= 0.3 is 6.18 Å². The van der Waals surface area contributed by atoms with Crippen molar-refractivity contribution in [3.8, 4) is 0 Å². The zero-order valence-electron chi connectivity index (χ0n) is 8.21. The van der Waals surface area contributed by atoms with Crippen molar-refractivity contribution < 1.29 is 17.9 Å². The lowest BCUT2D eigenvalue weighted by atomic mass is 9.91. The summed E-state index contributed by atoms with van der Waals surface area (Å²) in [6.45, 7) is -0.597. The second-order valence-electron chi connectivity index (χ2n) is 3.27. The maximum atomic E-state index is 12.8. The van der Waals surface area contributed by atoms with Gasteiger partial charge in [-0.3, -0.25) is 0 Å². The molecule has 2 N–H and O–H groups in total. The van der Waals surface area contributed by atoms with Gasteiger partial charge in [0.2, 0.25) is 0 Å². The average molecular weight is 219 g/mol. The first kappa shape index (κ1) is 12.0. The van der Waals surface area contributed by atoms with E-state index in [1.807, 2.05) is 0 Å². The van der Waals surface area contributed by atoms with Crippen molar-refractivity contribution in [3.05, 3.63) is 35.9 Å². The monoisotopic (exact) mass is 219 g/mol. The molecule has 0 fully saturated rings. The highest BCUT2D eigenvalue weighted by atomic mass is 19.4. The number of nitrogens with two attached hydrogens (primary N) is 1. The third-order valence-electron chi connectivity index (χ3n) is 2.17. The molecular formula is C10H12F3NO. The Morgan fingerprint density at radius 2 is 1.73 bits per heavy atom. The molecule has 0 aromatic heterocycles. The van der Waals surface area contributed by atoms with Gasteiger partial charge in [-0.1, -0.05) is 30.3 Å². The van der Waals surface area contributed by atoms with Crippen molar-refractivity contribution in [1.29, 1.82) is 0 Å². The first-order valence-corrected chi connectivity index (χ1v) is 4.32. The standard InChI is InChI=1S/C10H12F3NO/c1-15-7-9(14,10(11,12)13)8-5-3-2-4-6-8/h2-6H,7,14H2,1H3. The van der Waals surface area contributed by atoms with E-state index in [2.05, 4.69) is 4.74 Å². The van der Waals surface area contributed by atoms with E-state index in [1.54, 1.807) is 6.07 Å². The van der Waals surface area contributed by atoms with Gasteiger partial charge in [-0.2, -0.15) is 13.2 Å². The Morgan fingerprint density at radius 3 is 2.13 bits per heavy atom. The van der Waals surface area contributed by atoms with E-state index in [9.17, 15) is 13.2 Å². The summed E-state index contributed by atoms with van der Waals surface area (Å²) < 4.78 is 42.9. The van der Waals surface area contributed by atoms with E-state index in [0.29, 0.717) is 0 Å². The molecule has 0 radical (unpaired) electrons. The van der Waals surface area contributed by atoms with Crippen LogP contribution < -0.4 is 5.73 Å². The minimum Gasteiger partial charge on any atom is -0.382 e. The Kier molecular flexibility index (Phi) is 3.36. The van der Waals surface area contributed by atoms with Crippen molar-refractivity contribution in [2.24, 2.45) is 5.73 Å². The van der Waals surface area contributed by atoms with Crippen LogP contribution in [0.3, 0.4) is 0 Å².